The van der Waals surface area contributed by atoms with E-state index in [9.17, 15) is 0 Å². The number of hydrogen-bond acceptors (Lipinski definition) is 2. The van der Waals surface area contributed by atoms with Gasteiger partial charge < -0.3 is 0 Å². The molecule has 0 aromatic carbocycles. The number of fused-ring (bicyclic) bond motifs is 1. The molecule has 12 heavy (non-hydrogen) atoms. The van der Waals surface area contributed by atoms with Crippen molar-refractivity contribution in [2.45, 2.75) is 44.7 Å². The third-order valence-electron chi connectivity index (χ3n) is 3.40. The van der Waals surface area contributed by atoms with E-state index in [4.69, 9.17) is 0 Å². The summed E-state index contributed by atoms with van der Waals surface area (Å²) in [5.74, 6) is 0. The quantitative estimate of drug-likeness (QED) is 0.590. The maximum Gasteiger partial charge on any atom is 0.0683 e. The molecule has 1 atom stereocenters. The van der Waals surface area contributed by atoms with Gasteiger partial charge in [-0.3, -0.25) is 10.2 Å². The van der Waals surface area contributed by atoms with E-state index >= 15 is 0 Å². The van der Waals surface area contributed by atoms with E-state index in [1.54, 1.807) is 0 Å². The lowest BCUT2D eigenvalue weighted by Crippen LogP contribution is -2.60. The second-order valence-corrected chi connectivity index (χ2v) is 4.35. The van der Waals surface area contributed by atoms with Crippen molar-refractivity contribution >= 4 is 0 Å². The Morgan fingerprint density at radius 3 is 2.83 bits per heavy atom. The number of nitrogens with one attached hydrogen (secondary N) is 1. The number of rotatable bonds is 0. The molecule has 2 fully saturated rings. The van der Waals surface area contributed by atoms with Crippen LogP contribution in [0.25, 0.3) is 0 Å². The first-order valence-corrected chi connectivity index (χ1v) is 5.31. The van der Waals surface area contributed by atoms with E-state index in [2.05, 4.69) is 17.1 Å². The molecule has 2 saturated heterocycles. The van der Waals surface area contributed by atoms with Crippen molar-refractivity contribution in [1.29, 1.82) is 0 Å². The lowest BCUT2D eigenvalue weighted by Gasteiger charge is -2.44. The molecule has 2 rings (SSSR count). The minimum absolute atomic E-state index is 0.342. The van der Waals surface area contributed by atoms with Crippen molar-refractivity contribution in [3.63, 3.8) is 0 Å². The summed E-state index contributed by atoms with van der Waals surface area (Å²) >= 11 is 0. The topological polar surface area (TPSA) is 15.3 Å². The first-order chi connectivity index (χ1) is 5.81. The van der Waals surface area contributed by atoms with Crippen molar-refractivity contribution in [2.24, 2.45) is 0 Å². The Balaban J connectivity index is 2.07. The summed E-state index contributed by atoms with van der Waals surface area (Å²) in [5, 5.41) is 3.66. The standard InChI is InChI=1S/C10H20N2/c1-10-6-3-2-4-8-12(10)9-5-7-11-10/h11H,2-9H2,1H3/t10-/m1/s1. The minimum atomic E-state index is 0.342. The Hall–Kier alpha value is -0.0800. The van der Waals surface area contributed by atoms with Crippen LogP contribution < -0.4 is 5.32 Å². The molecule has 2 aliphatic heterocycles. The Morgan fingerprint density at radius 2 is 1.92 bits per heavy atom. The van der Waals surface area contributed by atoms with Crippen molar-refractivity contribution < 1.29 is 0 Å². The Kier molecular flexibility index (Phi) is 2.37. The molecule has 0 aromatic heterocycles. The van der Waals surface area contributed by atoms with Gasteiger partial charge >= 0.3 is 0 Å². The van der Waals surface area contributed by atoms with E-state index in [0.717, 1.165) is 0 Å². The van der Waals surface area contributed by atoms with Crippen molar-refractivity contribution in [2.75, 3.05) is 19.6 Å². The van der Waals surface area contributed by atoms with Gasteiger partial charge in [-0.25, -0.2) is 0 Å². The van der Waals surface area contributed by atoms with E-state index in [1.807, 2.05) is 0 Å². The van der Waals surface area contributed by atoms with Crippen molar-refractivity contribution in [3.8, 4) is 0 Å². The van der Waals surface area contributed by atoms with E-state index in [0.29, 0.717) is 5.66 Å². The van der Waals surface area contributed by atoms with Crippen LogP contribution in [0.4, 0.5) is 0 Å². The molecular formula is C10H20N2. The van der Waals surface area contributed by atoms with Crippen molar-refractivity contribution in [1.82, 2.24) is 10.2 Å². The fourth-order valence-electron chi connectivity index (χ4n) is 2.54. The fourth-order valence-corrected chi connectivity index (χ4v) is 2.54. The number of nitrogens with zero attached hydrogens (tertiary/aromatic N) is 1. The van der Waals surface area contributed by atoms with Crippen LogP contribution in [-0.2, 0) is 0 Å². The fraction of sp³-hybridized carbons (Fsp3) is 1.00. The molecule has 2 aliphatic rings. The van der Waals surface area contributed by atoms with Crippen LogP contribution in [0.2, 0.25) is 0 Å². The molecule has 0 radical (unpaired) electrons. The molecule has 0 unspecified atom stereocenters. The van der Waals surface area contributed by atoms with Crippen LogP contribution >= 0.6 is 0 Å². The molecular weight excluding hydrogens is 148 g/mol. The lowest BCUT2D eigenvalue weighted by molar-refractivity contribution is 0.0433. The highest BCUT2D eigenvalue weighted by Crippen LogP contribution is 2.26. The minimum Gasteiger partial charge on any atom is -0.299 e. The van der Waals surface area contributed by atoms with Gasteiger partial charge in [0.2, 0.25) is 0 Å². The Morgan fingerprint density at radius 1 is 1.08 bits per heavy atom. The largest absolute Gasteiger partial charge is 0.299 e. The van der Waals surface area contributed by atoms with Gasteiger partial charge in [0.25, 0.3) is 0 Å². The highest BCUT2D eigenvalue weighted by atomic mass is 15.3. The maximum atomic E-state index is 3.66. The molecule has 0 aliphatic carbocycles. The monoisotopic (exact) mass is 168 g/mol. The van der Waals surface area contributed by atoms with Gasteiger partial charge in [0.1, 0.15) is 0 Å². The summed E-state index contributed by atoms with van der Waals surface area (Å²) in [4.78, 5) is 2.64. The summed E-state index contributed by atoms with van der Waals surface area (Å²) in [5.41, 5.74) is 0.342. The second-order valence-electron chi connectivity index (χ2n) is 4.35. The Bertz CT molecular complexity index is 158. The molecule has 0 spiro atoms. The summed E-state index contributed by atoms with van der Waals surface area (Å²) in [6.07, 6.45) is 6.90. The van der Waals surface area contributed by atoms with Crippen LogP contribution in [0.15, 0.2) is 0 Å². The second kappa shape index (κ2) is 3.35. The summed E-state index contributed by atoms with van der Waals surface area (Å²) < 4.78 is 0. The molecule has 2 heterocycles. The summed E-state index contributed by atoms with van der Waals surface area (Å²) in [7, 11) is 0. The first-order valence-electron chi connectivity index (χ1n) is 5.31. The molecule has 0 bridgehead atoms. The van der Waals surface area contributed by atoms with Crippen LogP contribution in [0, 0.1) is 0 Å². The Labute approximate surface area is 75.3 Å². The summed E-state index contributed by atoms with van der Waals surface area (Å²) in [6.45, 7) is 6.21. The molecule has 0 amide bonds. The third kappa shape index (κ3) is 1.50. The zero-order valence-corrected chi connectivity index (χ0v) is 8.10. The van der Waals surface area contributed by atoms with E-state index in [-0.39, 0.29) is 0 Å². The highest BCUT2D eigenvalue weighted by molar-refractivity contribution is 4.89. The van der Waals surface area contributed by atoms with Gasteiger partial charge in [-0.05, 0) is 39.3 Å². The average Bonchev–Trinajstić information content (AvgIpc) is 2.25. The van der Waals surface area contributed by atoms with Gasteiger partial charge in [0.15, 0.2) is 0 Å². The SMILES string of the molecule is C[C@]12CCCCCN1CCCN2. The van der Waals surface area contributed by atoms with Crippen LogP contribution in [-0.4, -0.2) is 30.2 Å². The summed E-state index contributed by atoms with van der Waals surface area (Å²) in [6, 6.07) is 0. The normalized spacial score (nSPS) is 38.8. The molecule has 70 valence electrons. The maximum absolute atomic E-state index is 3.66. The van der Waals surface area contributed by atoms with Crippen LogP contribution in [0.1, 0.15) is 39.0 Å². The van der Waals surface area contributed by atoms with Gasteiger partial charge in [0, 0.05) is 6.54 Å². The number of hydrogen-bond donors (Lipinski definition) is 1. The first kappa shape index (κ1) is 8.52. The molecule has 0 saturated carbocycles. The zero-order valence-electron chi connectivity index (χ0n) is 8.10. The molecule has 1 N–H and O–H groups in total. The van der Waals surface area contributed by atoms with Crippen molar-refractivity contribution in [3.05, 3.63) is 0 Å². The predicted molar refractivity (Wildman–Crippen MR) is 51.1 cm³/mol. The average molecular weight is 168 g/mol. The van der Waals surface area contributed by atoms with Gasteiger partial charge in [0.05, 0.1) is 5.66 Å². The molecule has 2 nitrogen and oxygen atoms in total. The smallest absolute Gasteiger partial charge is 0.0683 e. The zero-order chi connectivity index (χ0) is 8.44. The van der Waals surface area contributed by atoms with Crippen LogP contribution in [0.5, 0.6) is 0 Å². The van der Waals surface area contributed by atoms with Gasteiger partial charge in [-0.1, -0.05) is 12.8 Å². The molecule has 2 heteroatoms. The van der Waals surface area contributed by atoms with E-state index in [1.165, 1.54) is 51.7 Å². The van der Waals surface area contributed by atoms with E-state index < -0.39 is 0 Å². The molecule has 0 aromatic rings. The third-order valence-corrected chi connectivity index (χ3v) is 3.40. The predicted octanol–water partition coefficient (Wildman–Crippen LogP) is 1.57. The highest BCUT2D eigenvalue weighted by Gasteiger charge is 2.34. The lowest BCUT2D eigenvalue weighted by atomic mass is 10.0. The van der Waals surface area contributed by atoms with Gasteiger partial charge in [-0.2, -0.15) is 0 Å². The van der Waals surface area contributed by atoms with Gasteiger partial charge in [-0.15, -0.1) is 0 Å². The van der Waals surface area contributed by atoms with Crippen LogP contribution in [0.3, 0.4) is 0 Å².